The molecule has 0 nitrogen and oxygen atoms in total. The highest BCUT2D eigenvalue weighted by Gasteiger charge is 1.98. The average Bonchev–Trinajstić information content (AvgIpc) is 1.99. The molecular formula is C11H18. The molecule has 0 aromatic carbocycles. The molecule has 0 aliphatic rings. The van der Waals surface area contributed by atoms with Crippen molar-refractivity contribution in [3.05, 3.63) is 36.5 Å². The molecule has 1 atom stereocenters. The highest BCUT2D eigenvalue weighted by Crippen LogP contribution is 2.13. The fraction of sp³-hybridized carbons (Fsp3) is 0.455. The van der Waals surface area contributed by atoms with E-state index in [4.69, 9.17) is 0 Å². The summed E-state index contributed by atoms with van der Waals surface area (Å²) < 4.78 is 0. The number of allylic oxidation sites excluding steroid dienone is 4. The van der Waals surface area contributed by atoms with Gasteiger partial charge in [0.2, 0.25) is 0 Å². The minimum Gasteiger partial charge on any atom is -0.0999 e. The molecule has 11 heavy (non-hydrogen) atoms. The van der Waals surface area contributed by atoms with Gasteiger partial charge in [-0.25, -0.2) is 0 Å². The second-order valence-electron chi connectivity index (χ2n) is 3.14. The zero-order chi connectivity index (χ0) is 8.85. The van der Waals surface area contributed by atoms with Crippen molar-refractivity contribution in [3.8, 4) is 0 Å². The van der Waals surface area contributed by atoms with E-state index in [1.54, 1.807) is 0 Å². The van der Waals surface area contributed by atoms with E-state index in [1.807, 2.05) is 6.08 Å². The van der Waals surface area contributed by atoms with E-state index < -0.39 is 0 Å². The predicted octanol–water partition coefficient (Wildman–Crippen LogP) is 3.72. The van der Waals surface area contributed by atoms with E-state index in [2.05, 4.69) is 40.0 Å². The van der Waals surface area contributed by atoms with E-state index in [0.29, 0.717) is 5.92 Å². The zero-order valence-corrected chi connectivity index (χ0v) is 7.85. The quantitative estimate of drug-likeness (QED) is 0.423. The Labute approximate surface area is 70.3 Å². The van der Waals surface area contributed by atoms with Gasteiger partial charge in [-0.05, 0) is 26.2 Å². The Balaban J connectivity index is 3.87. The summed E-state index contributed by atoms with van der Waals surface area (Å²) >= 11 is 0. The molecule has 0 aromatic heterocycles. The van der Waals surface area contributed by atoms with Crippen LogP contribution in [0.15, 0.2) is 36.5 Å². The van der Waals surface area contributed by atoms with Crippen molar-refractivity contribution < 1.29 is 0 Å². The summed E-state index contributed by atoms with van der Waals surface area (Å²) in [6, 6.07) is 0. The Morgan fingerprint density at radius 1 is 1.45 bits per heavy atom. The van der Waals surface area contributed by atoms with Crippen LogP contribution in [0.3, 0.4) is 0 Å². The molecule has 0 bridgehead atoms. The molecule has 62 valence electrons. The summed E-state index contributed by atoms with van der Waals surface area (Å²) in [5.74, 6) is 0.588. The Kier molecular flexibility index (Phi) is 4.60. The van der Waals surface area contributed by atoms with Crippen molar-refractivity contribution in [3.63, 3.8) is 0 Å². The third-order valence-corrected chi connectivity index (χ3v) is 1.96. The molecule has 0 heterocycles. The molecule has 0 amide bonds. The van der Waals surface area contributed by atoms with Gasteiger partial charge in [0.15, 0.2) is 0 Å². The highest BCUT2D eigenvalue weighted by molar-refractivity contribution is 5.13. The third kappa shape index (κ3) is 4.60. The third-order valence-electron chi connectivity index (χ3n) is 1.96. The lowest BCUT2D eigenvalue weighted by Crippen LogP contribution is -1.92. The van der Waals surface area contributed by atoms with E-state index in [9.17, 15) is 0 Å². The van der Waals surface area contributed by atoms with Crippen LogP contribution in [0.5, 0.6) is 0 Å². The summed E-state index contributed by atoms with van der Waals surface area (Å²) in [5, 5.41) is 0. The van der Waals surface area contributed by atoms with E-state index in [-0.39, 0.29) is 0 Å². The summed E-state index contributed by atoms with van der Waals surface area (Å²) in [6.07, 6.45) is 5.16. The van der Waals surface area contributed by atoms with E-state index in [1.165, 1.54) is 11.1 Å². The molecule has 0 N–H and O–H groups in total. The van der Waals surface area contributed by atoms with Crippen LogP contribution in [0.2, 0.25) is 0 Å². The number of hydrogen-bond donors (Lipinski definition) is 0. The van der Waals surface area contributed by atoms with Crippen LogP contribution in [0.25, 0.3) is 0 Å². The molecule has 0 fully saturated rings. The van der Waals surface area contributed by atoms with E-state index in [0.717, 1.165) is 6.42 Å². The first-order chi connectivity index (χ1) is 5.07. The molecule has 0 radical (unpaired) electrons. The summed E-state index contributed by atoms with van der Waals surface area (Å²) in [7, 11) is 0. The van der Waals surface area contributed by atoms with Crippen LogP contribution in [0.1, 0.15) is 27.2 Å². The topological polar surface area (TPSA) is 0 Å². The van der Waals surface area contributed by atoms with Gasteiger partial charge in [-0.2, -0.15) is 0 Å². The first-order valence-corrected chi connectivity index (χ1v) is 4.02. The van der Waals surface area contributed by atoms with Crippen molar-refractivity contribution in [1.29, 1.82) is 0 Å². The maximum Gasteiger partial charge on any atom is -0.0202 e. The fourth-order valence-corrected chi connectivity index (χ4v) is 0.647. The molecule has 0 spiro atoms. The Bertz CT molecular complexity index is 172. The molecule has 0 aromatic rings. The van der Waals surface area contributed by atoms with Gasteiger partial charge in [-0.3, -0.25) is 0 Å². The molecule has 0 saturated heterocycles. The maximum absolute atomic E-state index is 3.90. The number of rotatable bonds is 4. The first-order valence-electron chi connectivity index (χ1n) is 4.02. The zero-order valence-electron chi connectivity index (χ0n) is 7.85. The Morgan fingerprint density at radius 2 is 2.00 bits per heavy atom. The van der Waals surface area contributed by atoms with Gasteiger partial charge in [0.05, 0.1) is 0 Å². The minimum atomic E-state index is 0.588. The normalized spacial score (nSPS) is 14.3. The standard InChI is InChI=1S/C11H18/c1-6-10(4)7-8-11(5)9(2)3/h6-7,11H,1-2,8H2,3-5H3/b10-7+. The molecular weight excluding hydrogens is 132 g/mol. The van der Waals surface area contributed by atoms with Gasteiger partial charge < -0.3 is 0 Å². The van der Waals surface area contributed by atoms with Gasteiger partial charge in [0.25, 0.3) is 0 Å². The second-order valence-corrected chi connectivity index (χ2v) is 3.14. The summed E-state index contributed by atoms with van der Waals surface area (Å²) in [5.41, 5.74) is 2.50. The lowest BCUT2D eigenvalue weighted by Gasteiger charge is -2.06. The van der Waals surface area contributed by atoms with Gasteiger partial charge in [-0.15, -0.1) is 0 Å². The van der Waals surface area contributed by atoms with Crippen LogP contribution >= 0.6 is 0 Å². The molecule has 0 heteroatoms. The lowest BCUT2D eigenvalue weighted by molar-refractivity contribution is 0.696. The van der Waals surface area contributed by atoms with Crippen LogP contribution < -0.4 is 0 Å². The fourth-order valence-electron chi connectivity index (χ4n) is 0.647. The highest BCUT2D eigenvalue weighted by atomic mass is 14.0. The first kappa shape index (κ1) is 10.2. The maximum atomic E-state index is 3.90. The Morgan fingerprint density at radius 3 is 2.36 bits per heavy atom. The van der Waals surface area contributed by atoms with Crippen LogP contribution in [-0.2, 0) is 0 Å². The molecule has 0 saturated carbocycles. The number of hydrogen-bond acceptors (Lipinski definition) is 0. The van der Waals surface area contributed by atoms with Crippen LogP contribution in [-0.4, -0.2) is 0 Å². The SMILES string of the molecule is C=C/C(C)=C/CC(C)C(=C)C. The molecule has 0 aliphatic heterocycles. The predicted molar refractivity (Wildman–Crippen MR) is 52.5 cm³/mol. The molecule has 0 rings (SSSR count). The second kappa shape index (κ2) is 4.95. The summed E-state index contributed by atoms with van der Waals surface area (Å²) in [4.78, 5) is 0. The van der Waals surface area contributed by atoms with Crippen LogP contribution in [0, 0.1) is 5.92 Å². The lowest BCUT2D eigenvalue weighted by atomic mass is 9.99. The molecule has 1 unspecified atom stereocenters. The Hall–Kier alpha value is -0.780. The van der Waals surface area contributed by atoms with Gasteiger partial charge in [0, 0.05) is 0 Å². The van der Waals surface area contributed by atoms with E-state index >= 15 is 0 Å². The van der Waals surface area contributed by atoms with Crippen molar-refractivity contribution in [2.24, 2.45) is 5.92 Å². The van der Waals surface area contributed by atoms with Crippen molar-refractivity contribution in [2.45, 2.75) is 27.2 Å². The minimum absolute atomic E-state index is 0.588. The smallest absolute Gasteiger partial charge is 0.0202 e. The average molecular weight is 150 g/mol. The monoisotopic (exact) mass is 150 g/mol. The van der Waals surface area contributed by atoms with Crippen molar-refractivity contribution in [1.82, 2.24) is 0 Å². The van der Waals surface area contributed by atoms with Crippen LogP contribution in [0.4, 0.5) is 0 Å². The molecule has 0 aliphatic carbocycles. The largest absolute Gasteiger partial charge is 0.0999 e. The summed E-state index contributed by atoms with van der Waals surface area (Å²) in [6.45, 7) is 13.9. The van der Waals surface area contributed by atoms with Gasteiger partial charge in [-0.1, -0.05) is 43.4 Å². The van der Waals surface area contributed by atoms with Crippen molar-refractivity contribution >= 4 is 0 Å². The van der Waals surface area contributed by atoms with Gasteiger partial charge in [0.1, 0.15) is 0 Å². The van der Waals surface area contributed by atoms with Gasteiger partial charge >= 0.3 is 0 Å². The van der Waals surface area contributed by atoms with Crippen molar-refractivity contribution in [2.75, 3.05) is 0 Å².